The highest BCUT2D eigenvalue weighted by atomic mass is 35.5. The van der Waals surface area contributed by atoms with E-state index in [-0.39, 0.29) is 29.5 Å². The minimum atomic E-state index is -0.410. The molecular weight excluding hydrogens is 235 g/mol. The van der Waals surface area contributed by atoms with Crippen molar-refractivity contribution in [2.24, 2.45) is 17.3 Å². The average Bonchev–Trinajstić information content (AvgIpc) is 2.09. The van der Waals surface area contributed by atoms with Crippen LogP contribution in [0.1, 0.15) is 32.6 Å². The van der Waals surface area contributed by atoms with Crippen molar-refractivity contribution >= 4 is 23.2 Å². The van der Waals surface area contributed by atoms with Crippen LogP contribution in [0.15, 0.2) is 0 Å². The van der Waals surface area contributed by atoms with E-state index in [2.05, 4.69) is 6.92 Å². The summed E-state index contributed by atoms with van der Waals surface area (Å²) in [6, 6.07) is 0. The molecule has 0 radical (unpaired) electrons. The van der Waals surface area contributed by atoms with Crippen LogP contribution in [-0.4, -0.2) is 27.3 Å². The molecule has 2 bridgehead atoms. The first-order valence-electron chi connectivity index (χ1n) is 5.58. The molecule has 0 saturated heterocycles. The zero-order valence-electron chi connectivity index (χ0n) is 8.87. The molecule has 2 aliphatic rings. The highest BCUT2D eigenvalue weighted by molar-refractivity contribution is 6.44. The van der Waals surface area contributed by atoms with Crippen LogP contribution >= 0.6 is 23.2 Å². The van der Waals surface area contributed by atoms with E-state index < -0.39 is 4.84 Å². The summed E-state index contributed by atoms with van der Waals surface area (Å²) in [6.45, 7) is 2.10. The largest absolute Gasteiger partial charge is 0.393 e. The number of hydrogen-bond acceptors (Lipinski definition) is 2. The second-order valence-corrected chi connectivity index (χ2v) is 6.41. The van der Waals surface area contributed by atoms with Crippen molar-refractivity contribution in [1.82, 2.24) is 0 Å². The van der Waals surface area contributed by atoms with Crippen molar-refractivity contribution in [2.45, 2.75) is 49.7 Å². The second-order valence-electron chi connectivity index (χ2n) is 5.31. The van der Waals surface area contributed by atoms with Gasteiger partial charge in [0.05, 0.1) is 12.2 Å². The SMILES string of the molecule is CC1(C(Cl)Cl)C2CC(O)CC1CC(O)C2. The quantitative estimate of drug-likeness (QED) is 0.704. The van der Waals surface area contributed by atoms with E-state index in [4.69, 9.17) is 23.2 Å². The van der Waals surface area contributed by atoms with E-state index in [9.17, 15) is 10.2 Å². The number of hydrogen-bond donors (Lipinski definition) is 2. The molecule has 2 saturated carbocycles. The van der Waals surface area contributed by atoms with Gasteiger partial charge in [-0.3, -0.25) is 0 Å². The van der Waals surface area contributed by atoms with Gasteiger partial charge in [-0.25, -0.2) is 0 Å². The third kappa shape index (κ3) is 1.90. The molecule has 2 N–H and O–H groups in total. The Balaban J connectivity index is 2.26. The fraction of sp³-hybridized carbons (Fsp3) is 1.00. The van der Waals surface area contributed by atoms with Crippen LogP contribution in [0.2, 0.25) is 0 Å². The number of aliphatic hydroxyl groups is 2. The molecule has 88 valence electrons. The van der Waals surface area contributed by atoms with Crippen molar-refractivity contribution in [3.63, 3.8) is 0 Å². The third-order valence-corrected chi connectivity index (χ3v) is 5.40. The highest BCUT2D eigenvalue weighted by Crippen LogP contribution is 2.56. The van der Waals surface area contributed by atoms with Gasteiger partial charge >= 0.3 is 0 Å². The van der Waals surface area contributed by atoms with Gasteiger partial charge in [0.15, 0.2) is 0 Å². The van der Waals surface area contributed by atoms with Crippen molar-refractivity contribution in [3.8, 4) is 0 Å². The van der Waals surface area contributed by atoms with Gasteiger partial charge in [0, 0.05) is 5.41 Å². The lowest BCUT2D eigenvalue weighted by molar-refractivity contribution is -0.0941. The monoisotopic (exact) mass is 252 g/mol. The van der Waals surface area contributed by atoms with Crippen LogP contribution in [0.5, 0.6) is 0 Å². The standard InChI is InChI=1S/C11H18Cl2O2/c1-11(10(12)13)6-2-8(14)4-7(11)5-9(15)3-6/h6-10,14-15H,2-5H2,1H3. The van der Waals surface area contributed by atoms with Crippen molar-refractivity contribution < 1.29 is 10.2 Å². The minimum Gasteiger partial charge on any atom is -0.393 e. The first-order chi connectivity index (χ1) is 6.94. The van der Waals surface area contributed by atoms with Gasteiger partial charge in [-0.1, -0.05) is 6.92 Å². The fourth-order valence-electron chi connectivity index (χ4n) is 3.40. The molecule has 2 aliphatic carbocycles. The lowest BCUT2D eigenvalue weighted by atomic mass is 9.55. The van der Waals surface area contributed by atoms with Gasteiger partial charge in [0.1, 0.15) is 4.84 Å². The van der Waals surface area contributed by atoms with Crippen LogP contribution in [0.3, 0.4) is 0 Å². The molecule has 0 atom stereocenters. The maximum Gasteiger partial charge on any atom is 0.113 e. The molecule has 15 heavy (non-hydrogen) atoms. The van der Waals surface area contributed by atoms with E-state index in [1.165, 1.54) is 0 Å². The molecular formula is C11H18Cl2O2. The van der Waals surface area contributed by atoms with Crippen LogP contribution in [0.4, 0.5) is 0 Å². The summed E-state index contributed by atoms with van der Waals surface area (Å²) in [7, 11) is 0. The maximum atomic E-state index is 9.75. The summed E-state index contributed by atoms with van der Waals surface area (Å²) < 4.78 is 0. The molecule has 4 heteroatoms. The predicted octanol–water partition coefficient (Wildman–Crippen LogP) is 2.34. The van der Waals surface area contributed by atoms with E-state index >= 15 is 0 Å². The van der Waals surface area contributed by atoms with Crippen molar-refractivity contribution in [1.29, 1.82) is 0 Å². The summed E-state index contributed by atoms with van der Waals surface area (Å²) in [5.74, 6) is 0.491. The van der Waals surface area contributed by atoms with E-state index in [1.54, 1.807) is 0 Å². The summed E-state index contributed by atoms with van der Waals surface area (Å²) in [5.41, 5.74) is -0.137. The van der Waals surface area contributed by atoms with E-state index in [0.717, 1.165) is 25.7 Å². The average molecular weight is 253 g/mol. The second kappa shape index (κ2) is 4.06. The molecule has 0 heterocycles. The maximum absolute atomic E-state index is 9.75. The number of fused-ring (bicyclic) bond motifs is 2. The number of alkyl halides is 2. The molecule has 0 spiro atoms. The van der Waals surface area contributed by atoms with Gasteiger partial charge in [0.25, 0.3) is 0 Å². The Morgan fingerprint density at radius 3 is 1.60 bits per heavy atom. The molecule has 0 unspecified atom stereocenters. The third-order valence-electron chi connectivity index (χ3n) is 4.46. The van der Waals surface area contributed by atoms with Crippen LogP contribution in [0, 0.1) is 17.3 Å². The molecule has 0 aromatic heterocycles. The molecule has 2 rings (SSSR count). The van der Waals surface area contributed by atoms with E-state index in [0.29, 0.717) is 0 Å². The molecule has 0 amide bonds. The Labute approximate surface area is 101 Å². The van der Waals surface area contributed by atoms with E-state index in [1.807, 2.05) is 0 Å². The first-order valence-corrected chi connectivity index (χ1v) is 6.46. The molecule has 2 nitrogen and oxygen atoms in total. The Morgan fingerprint density at radius 1 is 1.00 bits per heavy atom. The summed E-state index contributed by atoms with van der Waals surface area (Å²) in [6.07, 6.45) is 2.40. The van der Waals surface area contributed by atoms with Gasteiger partial charge < -0.3 is 10.2 Å². The van der Waals surface area contributed by atoms with Crippen molar-refractivity contribution in [2.75, 3.05) is 0 Å². The Hall–Kier alpha value is 0.500. The van der Waals surface area contributed by atoms with Crippen LogP contribution in [0.25, 0.3) is 0 Å². The molecule has 0 aliphatic heterocycles. The Morgan fingerprint density at radius 2 is 1.33 bits per heavy atom. The Kier molecular flexibility index (Phi) is 3.24. The zero-order valence-corrected chi connectivity index (χ0v) is 10.4. The highest BCUT2D eigenvalue weighted by Gasteiger charge is 2.53. The molecule has 2 fully saturated rings. The number of rotatable bonds is 1. The number of halogens is 2. The molecule has 0 aromatic rings. The topological polar surface area (TPSA) is 40.5 Å². The zero-order chi connectivity index (χ0) is 11.2. The minimum absolute atomic E-state index is 0.137. The predicted molar refractivity (Wildman–Crippen MR) is 61.1 cm³/mol. The lowest BCUT2D eigenvalue weighted by Crippen LogP contribution is -2.52. The summed E-state index contributed by atoms with van der Waals surface area (Å²) >= 11 is 12.2. The molecule has 0 aromatic carbocycles. The van der Waals surface area contributed by atoms with Gasteiger partial charge in [0.2, 0.25) is 0 Å². The first kappa shape index (κ1) is 12.0. The van der Waals surface area contributed by atoms with Crippen molar-refractivity contribution in [3.05, 3.63) is 0 Å². The smallest absolute Gasteiger partial charge is 0.113 e. The summed E-state index contributed by atoms with van der Waals surface area (Å²) in [5, 5.41) is 19.5. The number of aliphatic hydroxyl groups excluding tert-OH is 2. The normalized spacial score (nSPS) is 50.8. The Bertz CT molecular complexity index is 215. The lowest BCUT2D eigenvalue weighted by Gasteiger charge is -2.54. The van der Waals surface area contributed by atoms with Gasteiger partial charge in [-0.15, -0.1) is 23.2 Å². The van der Waals surface area contributed by atoms with Crippen LogP contribution in [-0.2, 0) is 0 Å². The fourth-order valence-corrected chi connectivity index (χ4v) is 4.12. The van der Waals surface area contributed by atoms with Gasteiger partial charge in [-0.05, 0) is 37.5 Å². The summed E-state index contributed by atoms with van der Waals surface area (Å²) in [4.78, 5) is -0.410. The van der Waals surface area contributed by atoms with Crippen LogP contribution < -0.4 is 0 Å². The van der Waals surface area contributed by atoms with Gasteiger partial charge in [-0.2, -0.15) is 0 Å².